The Bertz CT molecular complexity index is 462. The van der Waals surface area contributed by atoms with Gasteiger partial charge in [-0.1, -0.05) is 12.1 Å². The molecule has 1 aromatic carbocycles. The Kier molecular flexibility index (Phi) is 3.37. The standard InChI is InChI=1S/C13H15FN2/c14-13-3-1-2-12(8-13)10-16-7-5-11(9-16)4-6-15/h1-3,5,7-9H,4,6,10,15H2. The van der Waals surface area contributed by atoms with Gasteiger partial charge in [0.05, 0.1) is 0 Å². The molecular weight excluding hydrogens is 203 g/mol. The van der Waals surface area contributed by atoms with Crippen molar-refractivity contribution in [1.29, 1.82) is 0 Å². The first-order valence-electron chi connectivity index (χ1n) is 5.37. The smallest absolute Gasteiger partial charge is 0.123 e. The molecule has 0 unspecified atom stereocenters. The van der Waals surface area contributed by atoms with Gasteiger partial charge in [-0.2, -0.15) is 0 Å². The molecular formula is C13H15FN2. The topological polar surface area (TPSA) is 30.9 Å². The average Bonchev–Trinajstić information content (AvgIpc) is 2.66. The number of hydrogen-bond acceptors (Lipinski definition) is 1. The Morgan fingerprint density at radius 1 is 1.19 bits per heavy atom. The van der Waals surface area contributed by atoms with E-state index in [4.69, 9.17) is 5.73 Å². The van der Waals surface area contributed by atoms with Crippen molar-refractivity contribution < 1.29 is 4.39 Å². The molecule has 1 aromatic heterocycles. The lowest BCUT2D eigenvalue weighted by Gasteiger charge is -2.03. The van der Waals surface area contributed by atoms with E-state index in [-0.39, 0.29) is 5.82 Å². The second kappa shape index (κ2) is 4.94. The van der Waals surface area contributed by atoms with Crippen LogP contribution >= 0.6 is 0 Å². The number of hydrogen-bond donors (Lipinski definition) is 1. The molecule has 0 spiro atoms. The summed E-state index contributed by atoms with van der Waals surface area (Å²) in [7, 11) is 0. The van der Waals surface area contributed by atoms with Crippen molar-refractivity contribution in [3.05, 3.63) is 59.7 Å². The fourth-order valence-corrected chi connectivity index (χ4v) is 1.75. The fourth-order valence-electron chi connectivity index (χ4n) is 1.75. The predicted octanol–water partition coefficient (Wildman–Crippen LogP) is 2.18. The molecule has 3 heteroatoms. The summed E-state index contributed by atoms with van der Waals surface area (Å²) in [5.41, 5.74) is 7.67. The first-order chi connectivity index (χ1) is 7.78. The molecule has 0 saturated heterocycles. The van der Waals surface area contributed by atoms with E-state index in [1.54, 1.807) is 12.1 Å². The summed E-state index contributed by atoms with van der Waals surface area (Å²) in [6.45, 7) is 1.35. The van der Waals surface area contributed by atoms with Gasteiger partial charge in [0.15, 0.2) is 0 Å². The molecule has 2 rings (SSSR count). The van der Waals surface area contributed by atoms with Gasteiger partial charge in [0.1, 0.15) is 5.82 Å². The van der Waals surface area contributed by atoms with Crippen molar-refractivity contribution in [2.45, 2.75) is 13.0 Å². The highest BCUT2D eigenvalue weighted by Crippen LogP contribution is 2.08. The molecule has 0 fully saturated rings. The van der Waals surface area contributed by atoms with Crippen LogP contribution in [0.2, 0.25) is 0 Å². The molecule has 2 aromatic rings. The molecule has 0 bridgehead atoms. The van der Waals surface area contributed by atoms with E-state index in [2.05, 4.69) is 6.20 Å². The van der Waals surface area contributed by atoms with Crippen molar-refractivity contribution >= 4 is 0 Å². The molecule has 2 nitrogen and oxygen atoms in total. The normalized spacial score (nSPS) is 10.6. The summed E-state index contributed by atoms with van der Waals surface area (Å²) < 4.78 is 15.0. The minimum Gasteiger partial charge on any atom is -0.350 e. The van der Waals surface area contributed by atoms with Crippen LogP contribution in [0.25, 0.3) is 0 Å². The van der Waals surface area contributed by atoms with Crippen LogP contribution in [0, 0.1) is 5.82 Å². The summed E-state index contributed by atoms with van der Waals surface area (Å²) >= 11 is 0. The Hall–Kier alpha value is -1.61. The maximum Gasteiger partial charge on any atom is 0.123 e. The molecule has 2 N–H and O–H groups in total. The van der Waals surface area contributed by atoms with E-state index < -0.39 is 0 Å². The largest absolute Gasteiger partial charge is 0.350 e. The van der Waals surface area contributed by atoms with Gasteiger partial charge in [-0.05, 0) is 42.3 Å². The van der Waals surface area contributed by atoms with Crippen LogP contribution in [0.5, 0.6) is 0 Å². The van der Waals surface area contributed by atoms with E-state index in [9.17, 15) is 4.39 Å². The van der Waals surface area contributed by atoms with Gasteiger partial charge in [0.25, 0.3) is 0 Å². The maximum absolute atomic E-state index is 13.0. The van der Waals surface area contributed by atoms with E-state index in [1.807, 2.05) is 22.9 Å². The lowest BCUT2D eigenvalue weighted by Crippen LogP contribution is -2.02. The van der Waals surface area contributed by atoms with Crippen LogP contribution in [-0.2, 0) is 13.0 Å². The molecule has 0 amide bonds. The highest BCUT2D eigenvalue weighted by Gasteiger charge is 1.98. The third kappa shape index (κ3) is 2.70. The molecule has 0 aliphatic heterocycles. The molecule has 16 heavy (non-hydrogen) atoms. The van der Waals surface area contributed by atoms with Crippen LogP contribution < -0.4 is 5.73 Å². The van der Waals surface area contributed by atoms with Crippen LogP contribution in [-0.4, -0.2) is 11.1 Å². The highest BCUT2D eigenvalue weighted by molar-refractivity contribution is 5.18. The quantitative estimate of drug-likeness (QED) is 0.837. The van der Waals surface area contributed by atoms with Crippen molar-refractivity contribution in [3.63, 3.8) is 0 Å². The minimum atomic E-state index is -0.188. The number of nitrogens with zero attached hydrogens (tertiary/aromatic N) is 1. The summed E-state index contributed by atoms with van der Waals surface area (Å²) in [5.74, 6) is -0.188. The van der Waals surface area contributed by atoms with Crippen LogP contribution in [0.15, 0.2) is 42.7 Å². The van der Waals surface area contributed by atoms with Crippen LogP contribution in [0.1, 0.15) is 11.1 Å². The van der Waals surface area contributed by atoms with Crippen molar-refractivity contribution in [3.8, 4) is 0 Å². The first-order valence-corrected chi connectivity index (χ1v) is 5.37. The third-order valence-corrected chi connectivity index (χ3v) is 2.50. The van der Waals surface area contributed by atoms with E-state index in [0.717, 1.165) is 12.0 Å². The van der Waals surface area contributed by atoms with Crippen LogP contribution in [0.4, 0.5) is 4.39 Å². The fraction of sp³-hybridized carbons (Fsp3) is 0.231. The highest BCUT2D eigenvalue weighted by atomic mass is 19.1. The number of aromatic nitrogens is 1. The summed E-state index contributed by atoms with van der Waals surface area (Å²) in [6, 6.07) is 8.72. The predicted molar refractivity (Wildman–Crippen MR) is 62.7 cm³/mol. The van der Waals surface area contributed by atoms with Gasteiger partial charge in [0, 0.05) is 18.9 Å². The number of rotatable bonds is 4. The van der Waals surface area contributed by atoms with Crippen LogP contribution in [0.3, 0.4) is 0 Å². The second-order valence-electron chi connectivity index (χ2n) is 3.86. The summed E-state index contributed by atoms with van der Waals surface area (Å²) in [6.07, 6.45) is 4.93. The second-order valence-corrected chi connectivity index (χ2v) is 3.86. The first kappa shape index (κ1) is 10.9. The molecule has 0 aliphatic rings. The Morgan fingerprint density at radius 3 is 2.81 bits per heavy atom. The molecule has 84 valence electrons. The molecule has 0 atom stereocenters. The lowest BCUT2D eigenvalue weighted by molar-refractivity contribution is 0.623. The van der Waals surface area contributed by atoms with Gasteiger partial charge in [0.2, 0.25) is 0 Å². The maximum atomic E-state index is 13.0. The number of nitrogens with two attached hydrogens (primary N) is 1. The number of benzene rings is 1. The van der Waals surface area contributed by atoms with E-state index in [0.29, 0.717) is 13.1 Å². The average molecular weight is 218 g/mol. The zero-order valence-electron chi connectivity index (χ0n) is 9.07. The van der Waals surface area contributed by atoms with Crippen molar-refractivity contribution in [1.82, 2.24) is 4.57 Å². The Balaban J connectivity index is 2.08. The number of halogens is 1. The van der Waals surface area contributed by atoms with Gasteiger partial charge in [-0.25, -0.2) is 4.39 Å². The zero-order valence-corrected chi connectivity index (χ0v) is 9.07. The minimum absolute atomic E-state index is 0.188. The monoisotopic (exact) mass is 218 g/mol. The molecule has 0 aliphatic carbocycles. The summed E-state index contributed by atoms with van der Waals surface area (Å²) in [5, 5.41) is 0. The summed E-state index contributed by atoms with van der Waals surface area (Å²) in [4.78, 5) is 0. The Morgan fingerprint density at radius 2 is 2.06 bits per heavy atom. The van der Waals surface area contributed by atoms with Gasteiger partial charge in [-0.15, -0.1) is 0 Å². The van der Waals surface area contributed by atoms with Crippen molar-refractivity contribution in [2.24, 2.45) is 5.73 Å². The van der Waals surface area contributed by atoms with Gasteiger partial charge >= 0.3 is 0 Å². The lowest BCUT2D eigenvalue weighted by atomic mass is 10.2. The van der Waals surface area contributed by atoms with Gasteiger partial charge < -0.3 is 10.3 Å². The van der Waals surface area contributed by atoms with Crippen molar-refractivity contribution in [2.75, 3.05) is 6.54 Å². The Labute approximate surface area is 94.5 Å². The zero-order chi connectivity index (χ0) is 11.4. The molecule has 0 radical (unpaired) electrons. The third-order valence-electron chi connectivity index (χ3n) is 2.50. The van der Waals surface area contributed by atoms with Gasteiger partial charge in [-0.3, -0.25) is 0 Å². The van der Waals surface area contributed by atoms with E-state index in [1.165, 1.54) is 11.6 Å². The SMILES string of the molecule is NCCc1ccn(Cc2cccc(F)c2)c1. The molecule has 0 saturated carbocycles. The molecule has 1 heterocycles. The van der Waals surface area contributed by atoms with E-state index >= 15 is 0 Å².